The van der Waals surface area contributed by atoms with Gasteiger partial charge in [0.25, 0.3) is 0 Å². The van der Waals surface area contributed by atoms with Gasteiger partial charge in [-0.15, -0.1) is 0 Å². The molecular weight excluding hydrogens is 274 g/mol. The summed E-state index contributed by atoms with van der Waals surface area (Å²) in [6, 6.07) is 16.0. The van der Waals surface area contributed by atoms with Gasteiger partial charge in [0.1, 0.15) is 0 Å². The zero-order valence-corrected chi connectivity index (χ0v) is 10.9. The summed E-state index contributed by atoms with van der Waals surface area (Å²) in [7, 11) is 0. The highest BCUT2D eigenvalue weighted by Crippen LogP contribution is 2.19. The Balaban J connectivity index is 2.25. The van der Waals surface area contributed by atoms with Crippen molar-refractivity contribution in [3.63, 3.8) is 0 Å². The van der Waals surface area contributed by atoms with Crippen molar-refractivity contribution in [3.8, 4) is 0 Å². The average Bonchev–Trinajstić information content (AvgIpc) is 2.38. The molecule has 2 heteroatoms. The number of aliphatic imine (C=N–C) groups is 1. The Labute approximate surface area is 110 Å². The van der Waals surface area contributed by atoms with Gasteiger partial charge in [-0.1, -0.05) is 58.9 Å². The van der Waals surface area contributed by atoms with Gasteiger partial charge in [-0.05, 0) is 29.3 Å². The van der Waals surface area contributed by atoms with Crippen molar-refractivity contribution in [3.05, 3.63) is 70.7 Å². The van der Waals surface area contributed by atoms with Gasteiger partial charge in [0.15, 0.2) is 0 Å². The predicted octanol–water partition coefficient (Wildman–Crippen LogP) is 4.84. The molecule has 0 fully saturated rings. The first kappa shape index (κ1) is 11.8. The number of halogens is 1. The zero-order chi connectivity index (χ0) is 12.1. The van der Waals surface area contributed by atoms with Crippen LogP contribution in [0.2, 0.25) is 0 Å². The van der Waals surface area contributed by atoms with E-state index in [0.717, 1.165) is 21.3 Å². The molecule has 2 aromatic rings. The normalized spacial score (nSPS) is 10.6. The van der Waals surface area contributed by atoms with E-state index in [1.165, 1.54) is 0 Å². The fourth-order valence-electron chi connectivity index (χ4n) is 1.47. The Morgan fingerprint density at radius 3 is 2.41 bits per heavy atom. The number of rotatable bonds is 3. The molecule has 0 bridgehead atoms. The lowest BCUT2D eigenvalue weighted by Crippen LogP contribution is -1.80. The van der Waals surface area contributed by atoms with Gasteiger partial charge in [-0.3, -0.25) is 4.99 Å². The number of nitrogens with zero attached hydrogens (tertiary/aromatic N) is 1. The second-order valence-corrected chi connectivity index (χ2v) is 4.49. The molecule has 0 amide bonds. The molecule has 0 spiro atoms. The van der Waals surface area contributed by atoms with Crippen molar-refractivity contribution in [1.82, 2.24) is 0 Å². The summed E-state index contributed by atoms with van der Waals surface area (Å²) in [6.07, 6.45) is 3.67. The SMILES string of the molecule is C=Cc1ccccc1N=Cc1ccc(Br)cc1. The molecule has 17 heavy (non-hydrogen) atoms. The van der Waals surface area contributed by atoms with Crippen LogP contribution < -0.4 is 0 Å². The highest BCUT2D eigenvalue weighted by molar-refractivity contribution is 9.10. The Kier molecular flexibility index (Phi) is 3.89. The molecule has 1 nitrogen and oxygen atoms in total. The van der Waals surface area contributed by atoms with Crippen molar-refractivity contribution in [1.29, 1.82) is 0 Å². The van der Waals surface area contributed by atoms with Crippen molar-refractivity contribution in [2.45, 2.75) is 0 Å². The molecule has 0 atom stereocenters. The number of hydrogen-bond acceptors (Lipinski definition) is 1. The molecule has 0 aromatic heterocycles. The van der Waals surface area contributed by atoms with Crippen LogP contribution in [-0.4, -0.2) is 6.21 Å². The van der Waals surface area contributed by atoms with Crippen molar-refractivity contribution < 1.29 is 0 Å². The van der Waals surface area contributed by atoms with Crippen LogP contribution in [0.25, 0.3) is 6.08 Å². The molecule has 2 aromatic carbocycles. The standard InChI is InChI=1S/C15H12BrN/c1-2-13-5-3-4-6-15(13)17-11-12-7-9-14(16)10-8-12/h2-11H,1H2. The number of hydrogen-bond donors (Lipinski definition) is 0. The molecule has 0 heterocycles. The molecule has 84 valence electrons. The van der Waals surface area contributed by atoms with Gasteiger partial charge >= 0.3 is 0 Å². The van der Waals surface area contributed by atoms with Crippen molar-refractivity contribution in [2.24, 2.45) is 4.99 Å². The van der Waals surface area contributed by atoms with Crippen LogP contribution in [0.3, 0.4) is 0 Å². The van der Waals surface area contributed by atoms with Crippen molar-refractivity contribution >= 4 is 33.9 Å². The molecule has 0 unspecified atom stereocenters. The first-order valence-corrected chi connectivity index (χ1v) is 6.10. The number of para-hydroxylation sites is 1. The van der Waals surface area contributed by atoms with Crippen LogP contribution in [-0.2, 0) is 0 Å². The largest absolute Gasteiger partial charge is 0.256 e. The molecule has 0 radical (unpaired) electrons. The fraction of sp³-hybridized carbons (Fsp3) is 0. The molecule has 0 saturated heterocycles. The smallest absolute Gasteiger partial charge is 0.0701 e. The summed E-state index contributed by atoms with van der Waals surface area (Å²) in [5.41, 5.74) is 3.05. The minimum absolute atomic E-state index is 0.936. The Morgan fingerprint density at radius 1 is 1.00 bits per heavy atom. The molecule has 0 saturated carbocycles. The van der Waals surface area contributed by atoms with Gasteiger partial charge in [0.2, 0.25) is 0 Å². The summed E-state index contributed by atoms with van der Waals surface area (Å²) < 4.78 is 1.07. The maximum Gasteiger partial charge on any atom is 0.0701 e. The maximum atomic E-state index is 4.47. The van der Waals surface area contributed by atoms with Gasteiger partial charge in [-0.2, -0.15) is 0 Å². The average molecular weight is 286 g/mol. The Bertz CT molecular complexity index is 541. The lowest BCUT2D eigenvalue weighted by molar-refractivity contribution is 1.50. The van der Waals surface area contributed by atoms with Gasteiger partial charge < -0.3 is 0 Å². The lowest BCUT2D eigenvalue weighted by Gasteiger charge is -1.99. The fourth-order valence-corrected chi connectivity index (χ4v) is 1.73. The van der Waals surface area contributed by atoms with Crippen LogP contribution in [0, 0.1) is 0 Å². The third kappa shape index (κ3) is 3.14. The van der Waals surface area contributed by atoms with E-state index in [-0.39, 0.29) is 0 Å². The second-order valence-electron chi connectivity index (χ2n) is 3.57. The first-order valence-electron chi connectivity index (χ1n) is 5.31. The summed E-state index contributed by atoms with van der Waals surface area (Å²) in [5, 5.41) is 0. The first-order chi connectivity index (χ1) is 8.29. The zero-order valence-electron chi connectivity index (χ0n) is 9.31. The summed E-state index contributed by atoms with van der Waals surface area (Å²) in [5.74, 6) is 0. The third-order valence-corrected chi connectivity index (χ3v) is 2.91. The minimum atomic E-state index is 0.936. The summed E-state index contributed by atoms with van der Waals surface area (Å²) >= 11 is 3.41. The van der Waals surface area contributed by atoms with Crippen molar-refractivity contribution in [2.75, 3.05) is 0 Å². The van der Waals surface area contributed by atoms with E-state index < -0.39 is 0 Å². The minimum Gasteiger partial charge on any atom is -0.256 e. The van der Waals surface area contributed by atoms with Gasteiger partial charge in [0, 0.05) is 10.7 Å². The monoisotopic (exact) mass is 285 g/mol. The molecule has 0 N–H and O–H groups in total. The number of benzene rings is 2. The van der Waals surface area contributed by atoms with E-state index >= 15 is 0 Å². The maximum absolute atomic E-state index is 4.47. The van der Waals surface area contributed by atoms with E-state index in [1.807, 2.05) is 60.8 Å². The van der Waals surface area contributed by atoms with E-state index in [2.05, 4.69) is 27.5 Å². The van der Waals surface area contributed by atoms with E-state index in [1.54, 1.807) is 0 Å². The molecule has 0 aliphatic carbocycles. The Morgan fingerprint density at radius 2 is 1.71 bits per heavy atom. The topological polar surface area (TPSA) is 12.4 Å². The van der Waals surface area contributed by atoms with Gasteiger partial charge in [0.05, 0.1) is 5.69 Å². The van der Waals surface area contributed by atoms with E-state index in [0.29, 0.717) is 0 Å². The van der Waals surface area contributed by atoms with Crippen LogP contribution in [0.15, 0.2) is 64.6 Å². The van der Waals surface area contributed by atoms with Crippen LogP contribution in [0.4, 0.5) is 5.69 Å². The van der Waals surface area contributed by atoms with Gasteiger partial charge in [-0.25, -0.2) is 0 Å². The highest BCUT2D eigenvalue weighted by Gasteiger charge is 1.94. The van der Waals surface area contributed by atoms with Crippen LogP contribution in [0.5, 0.6) is 0 Å². The molecular formula is C15H12BrN. The molecule has 0 aliphatic heterocycles. The van der Waals surface area contributed by atoms with Crippen LogP contribution >= 0.6 is 15.9 Å². The molecule has 2 rings (SSSR count). The van der Waals surface area contributed by atoms with E-state index in [9.17, 15) is 0 Å². The highest BCUT2D eigenvalue weighted by atomic mass is 79.9. The summed E-state index contributed by atoms with van der Waals surface area (Å²) in [6.45, 7) is 3.78. The lowest BCUT2D eigenvalue weighted by atomic mass is 10.2. The third-order valence-electron chi connectivity index (χ3n) is 2.38. The quantitative estimate of drug-likeness (QED) is 0.716. The van der Waals surface area contributed by atoms with E-state index in [4.69, 9.17) is 0 Å². The summed E-state index contributed by atoms with van der Waals surface area (Å²) in [4.78, 5) is 4.47. The Hall–Kier alpha value is -1.67. The predicted molar refractivity (Wildman–Crippen MR) is 77.9 cm³/mol. The second kappa shape index (κ2) is 5.60. The van der Waals surface area contributed by atoms with Crippen LogP contribution in [0.1, 0.15) is 11.1 Å². The molecule has 0 aliphatic rings.